The Labute approximate surface area is 115 Å². The summed E-state index contributed by atoms with van der Waals surface area (Å²) in [6.07, 6.45) is 0. The van der Waals surface area contributed by atoms with Crippen LogP contribution in [0, 0.1) is 27.7 Å². The third kappa shape index (κ3) is 2.58. The Morgan fingerprint density at radius 1 is 0.789 bits per heavy atom. The lowest BCUT2D eigenvalue weighted by Gasteiger charge is -2.24. The summed E-state index contributed by atoms with van der Waals surface area (Å²) in [5.41, 5.74) is 14.3. The van der Waals surface area contributed by atoms with Crippen molar-refractivity contribution in [1.29, 1.82) is 0 Å². The van der Waals surface area contributed by atoms with Crippen LogP contribution in [0.2, 0.25) is 0 Å². The number of nitrogens with two attached hydrogens (primary N) is 1. The van der Waals surface area contributed by atoms with E-state index in [2.05, 4.69) is 63.9 Å². The quantitative estimate of drug-likeness (QED) is 0.811. The first-order valence-corrected chi connectivity index (χ1v) is 6.58. The van der Waals surface area contributed by atoms with Gasteiger partial charge >= 0.3 is 0 Å². The molecule has 2 nitrogen and oxygen atoms in total. The third-order valence-electron chi connectivity index (χ3n) is 3.72. The van der Waals surface area contributed by atoms with Gasteiger partial charge in [-0.3, -0.25) is 0 Å². The highest BCUT2D eigenvalue weighted by Gasteiger charge is 2.11. The fraction of sp³-hybridized carbons (Fsp3) is 0.294. The second-order valence-corrected chi connectivity index (χ2v) is 5.34. The van der Waals surface area contributed by atoms with Gasteiger partial charge in [0.15, 0.2) is 0 Å². The summed E-state index contributed by atoms with van der Waals surface area (Å²) >= 11 is 0. The molecule has 0 saturated carbocycles. The number of hydrogen-bond donors (Lipinski definition) is 1. The normalized spacial score (nSPS) is 10.6. The number of benzene rings is 2. The molecule has 0 saturated heterocycles. The second-order valence-electron chi connectivity index (χ2n) is 5.34. The van der Waals surface area contributed by atoms with Crippen molar-refractivity contribution in [2.45, 2.75) is 27.7 Å². The van der Waals surface area contributed by atoms with Gasteiger partial charge in [-0.1, -0.05) is 12.1 Å². The molecule has 0 fully saturated rings. The predicted molar refractivity (Wildman–Crippen MR) is 84.3 cm³/mol. The molecule has 0 amide bonds. The van der Waals surface area contributed by atoms with Gasteiger partial charge in [-0.05, 0) is 68.1 Å². The molecule has 2 N–H and O–H groups in total. The minimum absolute atomic E-state index is 0.820. The van der Waals surface area contributed by atoms with Gasteiger partial charge in [-0.2, -0.15) is 0 Å². The van der Waals surface area contributed by atoms with Crippen molar-refractivity contribution in [3.05, 3.63) is 52.6 Å². The number of nitrogen functional groups attached to an aromatic ring is 1. The smallest absolute Gasteiger partial charge is 0.0642 e. The van der Waals surface area contributed by atoms with Gasteiger partial charge in [0.25, 0.3) is 0 Å². The van der Waals surface area contributed by atoms with Gasteiger partial charge in [0.05, 0.1) is 11.4 Å². The summed E-state index contributed by atoms with van der Waals surface area (Å²) in [5, 5.41) is 0. The largest absolute Gasteiger partial charge is 0.397 e. The highest BCUT2D eigenvalue weighted by atomic mass is 15.1. The molecule has 2 aromatic rings. The maximum Gasteiger partial charge on any atom is 0.0642 e. The standard InChI is InChI=1S/C17H22N2/c1-11-6-7-16(15(18)8-11)19(5)17-10-13(3)12(2)9-14(17)4/h6-10H,18H2,1-5H3. The maximum atomic E-state index is 6.14. The van der Waals surface area contributed by atoms with Gasteiger partial charge in [0.1, 0.15) is 0 Å². The second kappa shape index (κ2) is 4.96. The van der Waals surface area contributed by atoms with Crippen molar-refractivity contribution in [3.63, 3.8) is 0 Å². The number of anilines is 3. The summed E-state index contributed by atoms with van der Waals surface area (Å²) in [6, 6.07) is 10.6. The molecular weight excluding hydrogens is 232 g/mol. The van der Waals surface area contributed by atoms with Crippen LogP contribution in [-0.4, -0.2) is 7.05 Å². The Hall–Kier alpha value is -1.96. The van der Waals surface area contributed by atoms with E-state index < -0.39 is 0 Å². The lowest BCUT2D eigenvalue weighted by molar-refractivity contribution is 1.16. The monoisotopic (exact) mass is 254 g/mol. The maximum absolute atomic E-state index is 6.14. The van der Waals surface area contributed by atoms with Crippen LogP contribution >= 0.6 is 0 Å². The lowest BCUT2D eigenvalue weighted by atomic mass is 10.0. The van der Waals surface area contributed by atoms with Crippen LogP contribution in [0.3, 0.4) is 0 Å². The zero-order valence-electron chi connectivity index (χ0n) is 12.4. The first-order chi connectivity index (χ1) is 8.90. The van der Waals surface area contributed by atoms with E-state index in [1.807, 2.05) is 6.07 Å². The predicted octanol–water partition coefficient (Wildman–Crippen LogP) is 4.27. The van der Waals surface area contributed by atoms with Crippen LogP contribution in [-0.2, 0) is 0 Å². The van der Waals surface area contributed by atoms with Gasteiger partial charge < -0.3 is 10.6 Å². The van der Waals surface area contributed by atoms with Crippen LogP contribution in [0.25, 0.3) is 0 Å². The molecule has 2 heteroatoms. The highest BCUT2D eigenvalue weighted by Crippen LogP contribution is 2.32. The third-order valence-corrected chi connectivity index (χ3v) is 3.72. The van der Waals surface area contributed by atoms with Crippen molar-refractivity contribution < 1.29 is 0 Å². The minimum Gasteiger partial charge on any atom is -0.397 e. The Morgan fingerprint density at radius 3 is 2.05 bits per heavy atom. The Balaban J connectivity index is 2.49. The van der Waals surface area contributed by atoms with Gasteiger partial charge in [0.2, 0.25) is 0 Å². The van der Waals surface area contributed by atoms with E-state index in [4.69, 9.17) is 5.73 Å². The summed E-state index contributed by atoms with van der Waals surface area (Å²) in [4.78, 5) is 2.16. The number of nitrogens with zero attached hydrogens (tertiary/aromatic N) is 1. The van der Waals surface area contributed by atoms with Crippen molar-refractivity contribution in [3.8, 4) is 0 Å². The molecular formula is C17H22N2. The van der Waals surface area contributed by atoms with Crippen molar-refractivity contribution >= 4 is 17.1 Å². The average Bonchev–Trinajstić information content (AvgIpc) is 2.33. The molecule has 0 atom stereocenters. The van der Waals surface area contributed by atoms with E-state index in [-0.39, 0.29) is 0 Å². The van der Waals surface area contributed by atoms with E-state index in [0.29, 0.717) is 0 Å². The molecule has 0 heterocycles. The van der Waals surface area contributed by atoms with Crippen molar-refractivity contribution in [1.82, 2.24) is 0 Å². The van der Waals surface area contributed by atoms with Gasteiger partial charge in [-0.15, -0.1) is 0 Å². The molecule has 0 bridgehead atoms. The molecule has 0 radical (unpaired) electrons. The van der Waals surface area contributed by atoms with Crippen molar-refractivity contribution in [2.24, 2.45) is 0 Å². The van der Waals surface area contributed by atoms with Crippen LogP contribution in [0.4, 0.5) is 17.1 Å². The van der Waals surface area contributed by atoms with Crippen LogP contribution in [0.1, 0.15) is 22.3 Å². The highest BCUT2D eigenvalue weighted by molar-refractivity contribution is 5.76. The fourth-order valence-electron chi connectivity index (χ4n) is 2.42. The van der Waals surface area contributed by atoms with E-state index in [0.717, 1.165) is 11.4 Å². The Bertz CT molecular complexity index is 615. The number of aryl methyl sites for hydroxylation is 4. The SMILES string of the molecule is Cc1ccc(N(C)c2cc(C)c(C)cc2C)c(N)c1. The zero-order chi connectivity index (χ0) is 14.2. The van der Waals surface area contributed by atoms with Gasteiger partial charge in [-0.25, -0.2) is 0 Å². The summed E-state index contributed by atoms with van der Waals surface area (Å²) < 4.78 is 0. The summed E-state index contributed by atoms with van der Waals surface area (Å²) in [7, 11) is 2.07. The molecule has 0 aliphatic carbocycles. The fourth-order valence-corrected chi connectivity index (χ4v) is 2.42. The molecule has 2 aromatic carbocycles. The van der Waals surface area contributed by atoms with Crippen LogP contribution in [0.15, 0.2) is 30.3 Å². The molecule has 0 spiro atoms. The number of hydrogen-bond acceptors (Lipinski definition) is 2. The molecule has 19 heavy (non-hydrogen) atoms. The number of rotatable bonds is 2. The minimum atomic E-state index is 0.820. The van der Waals surface area contributed by atoms with E-state index in [9.17, 15) is 0 Å². The lowest BCUT2D eigenvalue weighted by Crippen LogP contribution is -2.13. The van der Waals surface area contributed by atoms with Gasteiger partial charge in [0, 0.05) is 12.7 Å². The molecule has 0 aromatic heterocycles. The van der Waals surface area contributed by atoms with Crippen molar-refractivity contribution in [2.75, 3.05) is 17.7 Å². The average molecular weight is 254 g/mol. The molecule has 0 aliphatic rings. The molecule has 100 valence electrons. The summed E-state index contributed by atoms with van der Waals surface area (Å²) in [6.45, 7) is 8.49. The topological polar surface area (TPSA) is 29.3 Å². The summed E-state index contributed by atoms with van der Waals surface area (Å²) in [5.74, 6) is 0. The molecule has 0 unspecified atom stereocenters. The zero-order valence-corrected chi connectivity index (χ0v) is 12.4. The molecule has 0 aliphatic heterocycles. The Morgan fingerprint density at radius 2 is 1.42 bits per heavy atom. The first kappa shape index (κ1) is 13.5. The van der Waals surface area contributed by atoms with Crippen LogP contribution < -0.4 is 10.6 Å². The van der Waals surface area contributed by atoms with E-state index in [1.165, 1.54) is 27.9 Å². The van der Waals surface area contributed by atoms with E-state index in [1.54, 1.807) is 0 Å². The van der Waals surface area contributed by atoms with E-state index >= 15 is 0 Å². The first-order valence-electron chi connectivity index (χ1n) is 6.58. The molecule has 2 rings (SSSR count). The van der Waals surface area contributed by atoms with Crippen LogP contribution in [0.5, 0.6) is 0 Å². The Kier molecular flexibility index (Phi) is 3.52.